The van der Waals surface area contributed by atoms with Crippen LogP contribution in [0.2, 0.25) is 0 Å². The molecule has 0 heterocycles. The van der Waals surface area contributed by atoms with Gasteiger partial charge >= 0.3 is 11.9 Å². The first-order valence-electron chi connectivity index (χ1n) is 28.5. The Hall–Kier alpha value is -1.88. The first-order valence-corrected chi connectivity index (χ1v) is 28.5. The molecule has 0 spiro atoms. The van der Waals surface area contributed by atoms with Gasteiger partial charge in [0.1, 0.15) is 6.61 Å². The molecule has 0 N–H and O–H groups in total. The highest BCUT2D eigenvalue weighted by molar-refractivity contribution is 5.70. The van der Waals surface area contributed by atoms with Crippen molar-refractivity contribution in [1.82, 2.24) is 0 Å². The third-order valence-corrected chi connectivity index (χ3v) is 12.6. The zero-order chi connectivity index (χ0) is 46.3. The zero-order valence-electron chi connectivity index (χ0n) is 43.3. The molecule has 376 valence electrons. The van der Waals surface area contributed by atoms with Gasteiger partial charge in [-0.25, -0.2) is 0 Å². The lowest BCUT2D eigenvalue weighted by molar-refractivity contribution is -0.163. The van der Waals surface area contributed by atoms with E-state index < -0.39 is 6.10 Å². The quantitative estimate of drug-likeness (QED) is 0.0346. The van der Waals surface area contributed by atoms with Crippen molar-refractivity contribution in [2.75, 3.05) is 19.8 Å². The molecule has 5 nitrogen and oxygen atoms in total. The summed E-state index contributed by atoms with van der Waals surface area (Å²) in [6.45, 7) is 7.84. The highest BCUT2D eigenvalue weighted by atomic mass is 16.6. The number of carbonyl (C=O) groups excluding carboxylic acids is 2. The number of allylic oxidation sites excluding steroid dienone is 6. The molecule has 0 aliphatic carbocycles. The molecule has 0 aromatic carbocycles. The van der Waals surface area contributed by atoms with E-state index in [0.717, 1.165) is 51.4 Å². The summed E-state index contributed by atoms with van der Waals surface area (Å²) >= 11 is 0. The number of rotatable bonds is 53. The Morgan fingerprint density at radius 1 is 0.344 bits per heavy atom. The van der Waals surface area contributed by atoms with E-state index in [1.54, 1.807) is 0 Å². The maximum atomic E-state index is 12.8. The molecule has 0 amide bonds. The largest absolute Gasteiger partial charge is 0.462 e. The molecule has 0 fully saturated rings. The minimum atomic E-state index is -0.540. The normalized spacial score (nSPS) is 12.4. The number of carbonyl (C=O) groups is 2. The molecular formula is C59H110O5. The molecule has 0 saturated heterocycles. The lowest BCUT2D eigenvalue weighted by Crippen LogP contribution is -2.30. The van der Waals surface area contributed by atoms with Crippen LogP contribution in [-0.4, -0.2) is 37.9 Å². The second kappa shape index (κ2) is 55.4. The van der Waals surface area contributed by atoms with Crippen LogP contribution < -0.4 is 0 Å². The molecule has 0 radical (unpaired) electrons. The number of unbranched alkanes of at least 4 members (excludes halogenated alkanes) is 36. The summed E-state index contributed by atoms with van der Waals surface area (Å²) < 4.78 is 17.5. The Morgan fingerprint density at radius 2 is 0.656 bits per heavy atom. The Kier molecular flexibility index (Phi) is 53.8. The summed E-state index contributed by atoms with van der Waals surface area (Å²) in [6, 6.07) is 0. The van der Waals surface area contributed by atoms with Gasteiger partial charge in [0.25, 0.3) is 0 Å². The molecule has 0 aliphatic heterocycles. The van der Waals surface area contributed by atoms with E-state index >= 15 is 0 Å². The monoisotopic (exact) mass is 899 g/mol. The zero-order valence-corrected chi connectivity index (χ0v) is 43.3. The SMILES string of the molecule is CCCCC/C=C\C/C=C\CCCCCCCC(=O)OC(COCCCCCCCCCCCCCCCC)COC(=O)CCCCCCCCCCC/C=C\CCCCCCCC. The smallest absolute Gasteiger partial charge is 0.306 e. The molecule has 0 aliphatic rings. The molecule has 1 unspecified atom stereocenters. The van der Waals surface area contributed by atoms with Crippen LogP contribution >= 0.6 is 0 Å². The molecule has 5 heteroatoms. The van der Waals surface area contributed by atoms with Crippen LogP contribution in [0.25, 0.3) is 0 Å². The summed E-state index contributed by atoms with van der Waals surface area (Å²) in [7, 11) is 0. The number of ether oxygens (including phenoxy) is 3. The minimum absolute atomic E-state index is 0.0837. The van der Waals surface area contributed by atoms with Crippen molar-refractivity contribution in [3.63, 3.8) is 0 Å². The fourth-order valence-corrected chi connectivity index (χ4v) is 8.36. The number of hydrogen-bond donors (Lipinski definition) is 0. The molecular weight excluding hydrogens is 789 g/mol. The summed E-state index contributed by atoms with van der Waals surface area (Å²) in [5.41, 5.74) is 0. The van der Waals surface area contributed by atoms with Gasteiger partial charge in [-0.15, -0.1) is 0 Å². The third-order valence-electron chi connectivity index (χ3n) is 12.6. The maximum absolute atomic E-state index is 12.8. The highest BCUT2D eigenvalue weighted by Crippen LogP contribution is 2.16. The van der Waals surface area contributed by atoms with Crippen molar-refractivity contribution in [2.45, 2.75) is 309 Å². The second-order valence-electron chi connectivity index (χ2n) is 19.2. The van der Waals surface area contributed by atoms with Crippen molar-refractivity contribution in [2.24, 2.45) is 0 Å². The van der Waals surface area contributed by atoms with E-state index in [4.69, 9.17) is 14.2 Å². The molecule has 0 bridgehead atoms. The fourth-order valence-electron chi connectivity index (χ4n) is 8.36. The van der Waals surface area contributed by atoms with Gasteiger partial charge in [-0.2, -0.15) is 0 Å². The minimum Gasteiger partial charge on any atom is -0.462 e. The number of hydrogen-bond acceptors (Lipinski definition) is 5. The van der Waals surface area contributed by atoms with Crippen LogP contribution in [-0.2, 0) is 23.8 Å². The van der Waals surface area contributed by atoms with Crippen LogP contribution in [0.5, 0.6) is 0 Å². The van der Waals surface area contributed by atoms with E-state index in [1.807, 2.05) is 0 Å². The van der Waals surface area contributed by atoms with Crippen molar-refractivity contribution in [1.29, 1.82) is 0 Å². The Labute approximate surface area is 400 Å². The maximum Gasteiger partial charge on any atom is 0.306 e. The van der Waals surface area contributed by atoms with Gasteiger partial charge in [0.15, 0.2) is 6.10 Å². The standard InChI is InChI=1S/C59H110O5/c1-4-7-10-13-16-19-22-25-28-29-30-31-33-34-37-40-43-46-49-52-58(60)63-56-57(55-62-54-51-48-45-42-39-36-27-24-21-18-15-12-9-6-3)64-59(61)53-50-47-44-41-38-35-32-26-23-20-17-14-11-8-5-2/h17,20,25-26,28,32,57H,4-16,18-19,21-24,27,29-31,33-56H2,1-3H3/b20-17-,28-25-,32-26-. The lowest BCUT2D eigenvalue weighted by atomic mass is 10.0. The van der Waals surface area contributed by atoms with Gasteiger partial charge in [0, 0.05) is 19.4 Å². The van der Waals surface area contributed by atoms with Gasteiger partial charge in [-0.05, 0) is 77.0 Å². The van der Waals surface area contributed by atoms with Crippen molar-refractivity contribution < 1.29 is 23.8 Å². The lowest BCUT2D eigenvalue weighted by Gasteiger charge is -2.18. The Bertz CT molecular complexity index is 1020. The first-order chi connectivity index (χ1) is 31.6. The van der Waals surface area contributed by atoms with Gasteiger partial charge in [-0.1, -0.05) is 250 Å². The van der Waals surface area contributed by atoms with Crippen LogP contribution in [0.15, 0.2) is 36.5 Å². The number of esters is 2. The fraction of sp³-hybridized carbons (Fsp3) is 0.864. The van der Waals surface area contributed by atoms with E-state index in [9.17, 15) is 9.59 Å². The van der Waals surface area contributed by atoms with E-state index in [1.165, 1.54) is 218 Å². The Balaban J connectivity index is 4.23. The Morgan fingerprint density at radius 3 is 1.08 bits per heavy atom. The van der Waals surface area contributed by atoms with Crippen LogP contribution in [0.4, 0.5) is 0 Å². The van der Waals surface area contributed by atoms with Crippen molar-refractivity contribution in [3.05, 3.63) is 36.5 Å². The summed E-state index contributed by atoms with van der Waals surface area (Å²) in [5, 5.41) is 0. The second-order valence-corrected chi connectivity index (χ2v) is 19.2. The third kappa shape index (κ3) is 52.7. The van der Waals surface area contributed by atoms with Crippen molar-refractivity contribution >= 4 is 11.9 Å². The highest BCUT2D eigenvalue weighted by Gasteiger charge is 2.17. The van der Waals surface area contributed by atoms with Gasteiger partial charge < -0.3 is 14.2 Å². The average molecular weight is 900 g/mol. The average Bonchev–Trinajstić information content (AvgIpc) is 3.30. The molecule has 1 atom stereocenters. The first kappa shape index (κ1) is 62.1. The van der Waals surface area contributed by atoms with Crippen LogP contribution in [0.1, 0.15) is 303 Å². The van der Waals surface area contributed by atoms with E-state index in [-0.39, 0.29) is 25.2 Å². The summed E-state index contributed by atoms with van der Waals surface area (Å²) in [4.78, 5) is 25.5. The van der Waals surface area contributed by atoms with E-state index in [2.05, 4.69) is 57.2 Å². The van der Waals surface area contributed by atoms with Crippen LogP contribution in [0, 0.1) is 0 Å². The molecule has 0 saturated carbocycles. The van der Waals surface area contributed by atoms with Crippen LogP contribution in [0.3, 0.4) is 0 Å². The predicted molar refractivity (Wildman–Crippen MR) is 279 cm³/mol. The van der Waals surface area contributed by atoms with E-state index in [0.29, 0.717) is 19.4 Å². The van der Waals surface area contributed by atoms with Gasteiger partial charge in [0.05, 0.1) is 6.61 Å². The molecule has 0 rings (SSSR count). The van der Waals surface area contributed by atoms with Gasteiger partial charge in [0.2, 0.25) is 0 Å². The summed E-state index contributed by atoms with van der Waals surface area (Å²) in [6.07, 6.45) is 67.3. The molecule has 64 heavy (non-hydrogen) atoms. The van der Waals surface area contributed by atoms with Gasteiger partial charge in [-0.3, -0.25) is 9.59 Å². The molecule has 0 aromatic rings. The predicted octanol–water partition coefficient (Wildman–Crippen LogP) is 19.4. The van der Waals surface area contributed by atoms with Crippen molar-refractivity contribution in [3.8, 4) is 0 Å². The topological polar surface area (TPSA) is 61.8 Å². The summed E-state index contributed by atoms with van der Waals surface area (Å²) in [5.74, 6) is -0.398. The molecule has 0 aromatic heterocycles.